The molecule has 0 aliphatic rings. The second-order valence-corrected chi connectivity index (χ2v) is 16.7. The van der Waals surface area contributed by atoms with Gasteiger partial charge in [0.15, 0.2) is 11.0 Å². The smallest absolute Gasteiger partial charge is 0.255 e. The second-order valence-electron chi connectivity index (χ2n) is 16.7. The Labute approximate surface area is 333 Å². The highest BCUT2D eigenvalue weighted by Gasteiger charge is 2.25. The van der Waals surface area contributed by atoms with E-state index in [1.54, 1.807) is 0 Å². The van der Waals surface area contributed by atoms with Crippen LogP contribution >= 0.6 is 0 Å². The van der Waals surface area contributed by atoms with Crippen molar-refractivity contribution in [1.82, 2.24) is 14.1 Å². The van der Waals surface area contributed by atoms with E-state index in [0.717, 1.165) is 49.8 Å². The van der Waals surface area contributed by atoms with Crippen molar-refractivity contribution in [3.05, 3.63) is 175 Å². The van der Waals surface area contributed by atoms with Gasteiger partial charge in [-0.25, -0.2) is 4.98 Å². The maximum absolute atomic E-state index is 8.28. The van der Waals surface area contributed by atoms with Gasteiger partial charge in [0.1, 0.15) is 28.7 Å². The van der Waals surface area contributed by atoms with Gasteiger partial charge in [-0.2, -0.15) is 9.13 Å². The van der Waals surface area contributed by atoms with Gasteiger partial charge in [-0.1, -0.05) is 114 Å². The van der Waals surface area contributed by atoms with E-state index < -0.39 is 6.85 Å². The lowest BCUT2D eigenvalue weighted by Crippen LogP contribution is -2.31. The summed E-state index contributed by atoms with van der Waals surface area (Å²) < 4.78 is 38.1. The van der Waals surface area contributed by atoms with Crippen molar-refractivity contribution < 1.29 is 13.4 Å². The Morgan fingerprint density at radius 2 is 1.29 bits per heavy atom. The summed E-state index contributed by atoms with van der Waals surface area (Å²) in [7, 11) is 0. The Kier molecular flexibility index (Phi) is 7.61. The molecule has 0 aliphatic heterocycles. The van der Waals surface area contributed by atoms with E-state index in [0.29, 0.717) is 22.9 Å². The van der Waals surface area contributed by atoms with Crippen LogP contribution in [-0.2, 0) is 10.8 Å². The molecule has 0 unspecified atom stereocenters. The Morgan fingerprint density at radius 3 is 2.04 bits per heavy atom. The summed E-state index contributed by atoms with van der Waals surface area (Å²) >= 11 is 0. The predicted octanol–water partition coefficient (Wildman–Crippen LogP) is 12.8. The number of rotatable bonds is 6. The normalized spacial score (nSPS) is 13.2. The Hall–Kier alpha value is -6.46. The molecule has 0 aliphatic carbocycles. The molecule has 5 nitrogen and oxygen atoms in total. The van der Waals surface area contributed by atoms with Crippen LogP contribution in [0.25, 0.3) is 61.2 Å². The van der Waals surface area contributed by atoms with Crippen molar-refractivity contribution in [2.45, 2.75) is 59.2 Å². The van der Waals surface area contributed by atoms with Gasteiger partial charge in [0.2, 0.25) is 0 Å². The van der Waals surface area contributed by atoms with Crippen LogP contribution in [0, 0.1) is 6.85 Å². The molecule has 0 radical (unpaired) electrons. The SMILES string of the molecule is [2H]C([2H])([2H])c1cnc(-n2c3ccccc3c3ccc(Oc4cccc(-n5c[n+](-c6cc(C(C)(C)C)cc(C(C)(C)C)c6)c6ccccc65)c4)cc32)cc1-c1ccccc1. The van der Waals surface area contributed by atoms with E-state index in [9.17, 15) is 0 Å². The van der Waals surface area contributed by atoms with Gasteiger partial charge in [-0.05, 0) is 106 Å². The minimum atomic E-state index is -2.33. The van der Waals surface area contributed by atoms with Crippen LogP contribution in [-0.4, -0.2) is 14.1 Å². The molecule has 3 aromatic heterocycles. The van der Waals surface area contributed by atoms with Crippen molar-refractivity contribution >= 4 is 32.8 Å². The zero-order valence-electron chi connectivity index (χ0n) is 35.7. The second kappa shape index (κ2) is 13.4. The van der Waals surface area contributed by atoms with E-state index in [1.807, 2.05) is 72.8 Å². The standard InChI is InChI=1S/C51H47N4O/c1-34-32-52-49(31-44(34)35-16-9-8-10-17-35)55-45-21-12-11-20-42(45)43-25-24-41(30-48(43)55)56-40-19-15-18-38(29-40)53-33-54(47-23-14-13-22-46(47)53)39-27-36(50(2,3)4)26-37(28-39)51(5,6)7/h8-33H,1-7H3/q+1/i1D3. The lowest BCUT2D eigenvalue weighted by atomic mass is 9.80. The van der Waals surface area contributed by atoms with Crippen LogP contribution in [0.3, 0.4) is 0 Å². The number of imidazole rings is 1. The molecule has 9 aromatic rings. The summed E-state index contributed by atoms with van der Waals surface area (Å²) in [6.45, 7) is 11.3. The number of aromatic nitrogens is 4. The van der Waals surface area contributed by atoms with Crippen molar-refractivity contribution in [1.29, 1.82) is 0 Å². The minimum absolute atomic E-state index is 0.0100. The molecule has 0 amide bonds. The summed E-state index contributed by atoms with van der Waals surface area (Å²) in [4.78, 5) is 4.77. The highest BCUT2D eigenvalue weighted by Crippen LogP contribution is 2.37. The van der Waals surface area contributed by atoms with Crippen molar-refractivity contribution in [2.75, 3.05) is 0 Å². The number of para-hydroxylation sites is 3. The van der Waals surface area contributed by atoms with Gasteiger partial charge >= 0.3 is 0 Å². The van der Waals surface area contributed by atoms with Gasteiger partial charge in [0, 0.05) is 33.2 Å². The fraction of sp³-hybridized carbons (Fsp3) is 0.176. The van der Waals surface area contributed by atoms with Crippen LogP contribution in [0.2, 0.25) is 0 Å². The number of fused-ring (bicyclic) bond motifs is 4. The van der Waals surface area contributed by atoms with Gasteiger partial charge in [-0.3, -0.25) is 4.57 Å². The maximum Gasteiger partial charge on any atom is 0.255 e. The molecule has 0 spiro atoms. The average molecular weight is 735 g/mol. The van der Waals surface area contributed by atoms with E-state index in [2.05, 4.69) is 134 Å². The largest absolute Gasteiger partial charge is 0.457 e. The average Bonchev–Trinajstić information content (AvgIpc) is 3.76. The zero-order valence-corrected chi connectivity index (χ0v) is 32.7. The van der Waals surface area contributed by atoms with E-state index in [-0.39, 0.29) is 16.4 Å². The van der Waals surface area contributed by atoms with Gasteiger partial charge in [0.25, 0.3) is 6.33 Å². The molecule has 56 heavy (non-hydrogen) atoms. The number of benzene rings is 6. The molecule has 0 bridgehead atoms. The van der Waals surface area contributed by atoms with E-state index >= 15 is 0 Å². The van der Waals surface area contributed by atoms with Crippen molar-refractivity contribution in [2.24, 2.45) is 0 Å². The van der Waals surface area contributed by atoms with Gasteiger partial charge in [-0.15, -0.1) is 0 Å². The summed E-state index contributed by atoms with van der Waals surface area (Å²) in [5, 5.41) is 2.10. The highest BCUT2D eigenvalue weighted by atomic mass is 16.5. The number of ether oxygens (including phenoxy) is 1. The van der Waals surface area contributed by atoms with Crippen molar-refractivity contribution in [3.63, 3.8) is 0 Å². The third kappa shape index (κ3) is 6.33. The van der Waals surface area contributed by atoms with Crippen LogP contribution in [0.5, 0.6) is 11.5 Å². The van der Waals surface area contributed by atoms with Crippen LogP contribution < -0.4 is 9.30 Å². The van der Waals surface area contributed by atoms with E-state index in [1.165, 1.54) is 17.3 Å². The minimum Gasteiger partial charge on any atom is -0.457 e. The first-order chi connectivity index (χ1) is 28.1. The van der Waals surface area contributed by atoms with Crippen molar-refractivity contribution in [3.8, 4) is 39.8 Å². The fourth-order valence-corrected chi connectivity index (χ4v) is 7.66. The molecule has 0 N–H and O–H groups in total. The van der Waals surface area contributed by atoms with Crippen LogP contribution in [0.15, 0.2) is 158 Å². The number of pyridine rings is 1. The first kappa shape index (κ1) is 31.8. The molecule has 3 heterocycles. The number of nitrogens with zero attached hydrogens (tertiary/aromatic N) is 4. The fourth-order valence-electron chi connectivity index (χ4n) is 7.66. The first-order valence-electron chi connectivity index (χ1n) is 20.7. The van der Waals surface area contributed by atoms with Gasteiger partial charge < -0.3 is 4.74 Å². The first-order valence-corrected chi connectivity index (χ1v) is 19.2. The molecule has 6 aromatic carbocycles. The molecule has 5 heteroatoms. The number of aryl methyl sites for hydroxylation is 1. The van der Waals surface area contributed by atoms with E-state index in [4.69, 9.17) is 13.8 Å². The summed E-state index contributed by atoms with van der Waals surface area (Å²) in [5.74, 6) is 1.99. The predicted molar refractivity (Wildman–Crippen MR) is 231 cm³/mol. The molecule has 0 fully saturated rings. The summed E-state index contributed by atoms with van der Waals surface area (Å²) in [6, 6.07) is 49.5. The lowest BCUT2D eigenvalue weighted by molar-refractivity contribution is -0.567. The molecule has 0 saturated heterocycles. The third-order valence-corrected chi connectivity index (χ3v) is 10.7. The Balaban J connectivity index is 1.13. The number of hydrogen-bond acceptors (Lipinski definition) is 2. The Bertz CT molecular complexity index is 3000. The Morgan fingerprint density at radius 1 is 0.607 bits per heavy atom. The zero-order chi connectivity index (χ0) is 41.3. The maximum atomic E-state index is 8.28. The molecule has 9 rings (SSSR count). The van der Waals surface area contributed by atoms with Crippen LogP contribution in [0.1, 0.15) is 62.3 Å². The van der Waals surface area contributed by atoms with Gasteiger partial charge in [0.05, 0.1) is 11.0 Å². The molecule has 0 saturated carbocycles. The highest BCUT2D eigenvalue weighted by molar-refractivity contribution is 6.09. The quantitative estimate of drug-likeness (QED) is 0.159. The number of hydrogen-bond donors (Lipinski definition) is 0. The molecular formula is C51H47N4O+. The monoisotopic (exact) mass is 734 g/mol. The third-order valence-electron chi connectivity index (χ3n) is 10.7. The lowest BCUT2D eigenvalue weighted by Gasteiger charge is -2.25. The molecular weight excluding hydrogens is 685 g/mol. The topological polar surface area (TPSA) is 35.9 Å². The molecule has 276 valence electrons. The molecule has 0 atom stereocenters. The summed E-state index contributed by atoms with van der Waals surface area (Å²) in [6.07, 6.45) is 3.67. The van der Waals surface area contributed by atoms with Crippen LogP contribution in [0.4, 0.5) is 0 Å². The summed E-state index contributed by atoms with van der Waals surface area (Å²) in [5.41, 5.74) is 10.4.